The molecule has 0 saturated heterocycles. The lowest BCUT2D eigenvalue weighted by molar-refractivity contribution is 0.489. The van der Waals surface area contributed by atoms with Crippen molar-refractivity contribution in [2.75, 3.05) is 7.05 Å². The first kappa shape index (κ1) is 14.3. The highest BCUT2D eigenvalue weighted by Gasteiger charge is 2.21. The summed E-state index contributed by atoms with van der Waals surface area (Å²) in [6.45, 7) is 4.47. The molecule has 2 aromatic rings. The number of thioether (sulfide) groups is 1. The zero-order chi connectivity index (χ0) is 13.7. The van der Waals surface area contributed by atoms with E-state index in [4.69, 9.17) is 0 Å². The van der Waals surface area contributed by atoms with Gasteiger partial charge in [-0.05, 0) is 32.0 Å². The molecule has 5 heteroatoms. The average Bonchev–Trinajstić information content (AvgIpc) is 2.86. The molecule has 0 aliphatic heterocycles. The second-order valence-corrected chi connectivity index (χ2v) is 5.87. The van der Waals surface area contributed by atoms with Crippen LogP contribution in [0, 0.1) is 0 Å². The van der Waals surface area contributed by atoms with E-state index in [1.54, 1.807) is 0 Å². The molecule has 2 rings (SSSR count). The maximum atomic E-state index is 4.31. The molecule has 0 aromatic carbocycles. The summed E-state index contributed by atoms with van der Waals surface area (Å²) in [6, 6.07) is 6.52. The molecule has 0 bridgehead atoms. The van der Waals surface area contributed by atoms with Gasteiger partial charge < -0.3 is 5.32 Å². The normalized spacial score (nSPS) is 14.7. The summed E-state index contributed by atoms with van der Waals surface area (Å²) in [5, 5.41) is 13.5. The van der Waals surface area contributed by atoms with Gasteiger partial charge in [0.05, 0.1) is 0 Å². The molecule has 2 heterocycles. The number of nitrogens with zero attached hydrogens (tertiary/aromatic N) is 3. The molecule has 0 aliphatic rings. The summed E-state index contributed by atoms with van der Waals surface area (Å²) < 4.78 is 2.06. The van der Waals surface area contributed by atoms with Gasteiger partial charge in [-0.3, -0.25) is 4.40 Å². The predicted octanol–water partition coefficient (Wildman–Crippen LogP) is 2.99. The van der Waals surface area contributed by atoms with Crippen LogP contribution in [0.3, 0.4) is 0 Å². The molecular weight excluding hydrogens is 256 g/mol. The van der Waals surface area contributed by atoms with Gasteiger partial charge in [0.2, 0.25) is 0 Å². The zero-order valence-corrected chi connectivity index (χ0v) is 12.7. The van der Waals surface area contributed by atoms with Crippen LogP contribution in [0.2, 0.25) is 0 Å². The van der Waals surface area contributed by atoms with Crippen LogP contribution in [-0.2, 0) is 0 Å². The Bertz CT molecular complexity index is 511. The van der Waals surface area contributed by atoms with E-state index in [0.29, 0.717) is 11.3 Å². The summed E-state index contributed by atoms with van der Waals surface area (Å²) in [5.41, 5.74) is 0.913. The number of fused-ring (bicyclic) bond motifs is 1. The number of nitrogens with one attached hydrogen (secondary N) is 1. The standard InChI is InChI=1S/C14H22N4S/c1-4-8-11(15-3)12(5-2)19-14-17-16-13-9-6-7-10-18(13)14/h6-7,9-12,15H,4-5,8H2,1-3H3. The highest BCUT2D eigenvalue weighted by Crippen LogP contribution is 2.28. The maximum Gasteiger partial charge on any atom is 0.195 e. The minimum absolute atomic E-state index is 0.524. The first-order chi connectivity index (χ1) is 9.30. The van der Waals surface area contributed by atoms with Crippen molar-refractivity contribution in [3.05, 3.63) is 24.4 Å². The number of hydrogen-bond acceptors (Lipinski definition) is 4. The van der Waals surface area contributed by atoms with Crippen molar-refractivity contribution in [3.8, 4) is 0 Å². The lowest BCUT2D eigenvalue weighted by atomic mass is 10.1. The van der Waals surface area contributed by atoms with E-state index in [1.165, 1.54) is 12.8 Å². The van der Waals surface area contributed by atoms with Gasteiger partial charge in [0.15, 0.2) is 10.8 Å². The van der Waals surface area contributed by atoms with Crippen LogP contribution in [0.25, 0.3) is 5.65 Å². The molecule has 0 spiro atoms. The lowest BCUT2D eigenvalue weighted by Crippen LogP contribution is -2.35. The van der Waals surface area contributed by atoms with Gasteiger partial charge in [-0.2, -0.15) is 0 Å². The van der Waals surface area contributed by atoms with Crippen LogP contribution in [0.4, 0.5) is 0 Å². The van der Waals surface area contributed by atoms with Gasteiger partial charge in [0, 0.05) is 17.5 Å². The highest BCUT2D eigenvalue weighted by atomic mass is 32.2. The van der Waals surface area contributed by atoms with Crippen LogP contribution in [0.1, 0.15) is 33.1 Å². The van der Waals surface area contributed by atoms with Crippen LogP contribution < -0.4 is 5.32 Å². The van der Waals surface area contributed by atoms with Crippen molar-refractivity contribution in [3.63, 3.8) is 0 Å². The Morgan fingerprint density at radius 3 is 2.84 bits per heavy atom. The third-order valence-electron chi connectivity index (χ3n) is 3.36. The van der Waals surface area contributed by atoms with Crippen molar-refractivity contribution < 1.29 is 0 Å². The first-order valence-corrected chi connectivity index (χ1v) is 7.81. The minimum Gasteiger partial charge on any atom is -0.316 e. The van der Waals surface area contributed by atoms with Gasteiger partial charge in [-0.1, -0.05) is 38.1 Å². The SMILES string of the molecule is CCCC(NC)C(CC)Sc1nnc2ccccn12. The number of hydrogen-bond donors (Lipinski definition) is 1. The van der Waals surface area contributed by atoms with Crippen molar-refractivity contribution >= 4 is 17.4 Å². The predicted molar refractivity (Wildman–Crippen MR) is 80.7 cm³/mol. The van der Waals surface area contributed by atoms with Crippen molar-refractivity contribution in [2.24, 2.45) is 0 Å². The van der Waals surface area contributed by atoms with Gasteiger partial charge in [-0.15, -0.1) is 10.2 Å². The summed E-state index contributed by atoms with van der Waals surface area (Å²) in [5.74, 6) is 0. The second kappa shape index (κ2) is 6.91. The minimum atomic E-state index is 0.524. The zero-order valence-electron chi connectivity index (χ0n) is 11.8. The molecule has 2 atom stereocenters. The highest BCUT2D eigenvalue weighted by molar-refractivity contribution is 7.99. The molecule has 0 amide bonds. The lowest BCUT2D eigenvalue weighted by Gasteiger charge is -2.24. The van der Waals surface area contributed by atoms with Crippen LogP contribution in [0.15, 0.2) is 29.6 Å². The van der Waals surface area contributed by atoms with Gasteiger partial charge in [0.25, 0.3) is 0 Å². The van der Waals surface area contributed by atoms with E-state index >= 15 is 0 Å². The van der Waals surface area contributed by atoms with Gasteiger partial charge in [0.1, 0.15) is 0 Å². The van der Waals surface area contributed by atoms with E-state index in [1.807, 2.05) is 43.2 Å². The number of pyridine rings is 1. The monoisotopic (exact) mass is 278 g/mol. The smallest absolute Gasteiger partial charge is 0.195 e. The van der Waals surface area contributed by atoms with Crippen LogP contribution in [-0.4, -0.2) is 32.9 Å². The van der Waals surface area contributed by atoms with Crippen molar-refractivity contribution in [1.29, 1.82) is 0 Å². The fourth-order valence-corrected chi connectivity index (χ4v) is 3.54. The molecule has 2 aromatic heterocycles. The molecule has 1 N–H and O–H groups in total. The quantitative estimate of drug-likeness (QED) is 0.791. The van der Waals surface area contributed by atoms with Gasteiger partial charge >= 0.3 is 0 Å². The Morgan fingerprint density at radius 2 is 2.16 bits per heavy atom. The fraction of sp³-hybridized carbons (Fsp3) is 0.571. The molecule has 0 radical (unpaired) electrons. The number of rotatable bonds is 7. The molecule has 2 unspecified atom stereocenters. The Balaban J connectivity index is 2.17. The Kier molecular flexibility index (Phi) is 5.22. The van der Waals surface area contributed by atoms with E-state index in [0.717, 1.165) is 17.2 Å². The summed E-state index contributed by atoms with van der Waals surface area (Å²) in [4.78, 5) is 0. The Labute approximate surface area is 119 Å². The Hall–Kier alpha value is -1.07. The summed E-state index contributed by atoms with van der Waals surface area (Å²) >= 11 is 1.82. The molecule has 4 nitrogen and oxygen atoms in total. The molecule has 0 aliphatic carbocycles. The molecule has 104 valence electrons. The van der Waals surface area contributed by atoms with Gasteiger partial charge in [-0.25, -0.2) is 0 Å². The van der Waals surface area contributed by atoms with Crippen LogP contribution in [0.5, 0.6) is 0 Å². The van der Waals surface area contributed by atoms with E-state index in [2.05, 4.69) is 33.8 Å². The van der Waals surface area contributed by atoms with Crippen molar-refractivity contribution in [2.45, 2.75) is 49.6 Å². The van der Waals surface area contributed by atoms with E-state index in [9.17, 15) is 0 Å². The molecule has 0 fully saturated rings. The van der Waals surface area contributed by atoms with Crippen molar-refractivity contribution in [1.82, 2.24) is 19.9 Å². The third-order valence-corrected chi connectivity index (χ3v) is 4.81. The largest absolute Gasteiger partial charge is 0.316 e. The van der Waals surface area contributed by atoms with Crippen LogP contribution >= 0.6 is 11.8 Å². The second-order valence-electron chi connectivity index (χ2n) is 4.66. The molecular formula is C14H22N4S. The van der Waals surface area contributed by atoms with E-state index in [-0.39, 0.29) is 0 Å². The van der Waals surface area contributed by atoms with E-state index < -0.39 is 0 Å². The first-order valence-electron chi connectivity index (χ1n) is 6.93. The Morgan fingerprint density at radius 1 is 1.32 bits per heavy atom. The fourth-order valence-electron chi connectivity index (χ4n) is 2.31. The third kappa shape index (κ3) is 3.28. The summed E-state index contributed by atoms with van der Waals surface area (Å²) in [7, 11) is 2.05. The average molecular weight is 278 g/mol. The number of aromatic nitrogens is 3. The molecule has 0 saturated carbocycles. The molecule has 19 heavy (non-hydrogen) atoms. The summed E-state index contributed by atoms with van der Waals surface area (Å²) in [6.07, 6.45) is 5.54. The topological polar surface area (TPSA) is 42.2 Å². The maximum absolute atomic E-state index is 4.31.